The van der Waals surface area contributed by atoms with Crippen LogP contribution in [0.15, 0.2) is 12.3 Å². The molecule has 0 bridgehead atoms. The SMILES string of the molecule is CC(C)CNCc1cc(F)cnc1OCC1CCCO1. The van der Waals surface area contributed by atoms with E-state index in [2.05, 4.69) is 24.1 Å². The highest BCUT2D eigenvalue weighted by Gasteiger charge is 2.17. The average molecular weight is 282 g/mol. The molecule has 0 amide bonds. The molecule has 0 saturated carbocycles. The van der Waals surface area contributed by atoms with Crippen LogP contribution in [0.1, 0.15) is 32.3 Å². The molecule has 4 nitrogen and oxygen atoms in total. The van der Waals surface area contributed by atoms with Crippen molar-refractivity contribution < 1.29 is 13.9 Å². The zero-order valence-corrected chi connectivity index (χ0v) is 12.2. The fraction of sp³-hybridized carbons (Fsp3) is 0.667. The predicted molar refractivity (Wildman–Crippen MR) is 75.2 cm³/mol. The van der Waals surface area contributed by atoms with Crippen molar-refractivity contribution in [1.82, 2.24) is 10.3 Å². The lowest BCUT2D eigenvalue weighted by Crippen LogP contribution is -2.21. The maximum atomic E-state index is 13.3. The minimum atomic E-state index is -0.337. The Hall–Kier alpha value is -1.20. The Bertz CT molecular complexity index is 420. The Balaban J connectivity index is 1.91. The summed E-state index contributed by atoms with van der Waals surface area (Å²) in [6.45, 7) is 6.98. The summed E-state index contributed by atoms with van der Waals surface area (Å²) in [6.07, 6.45) is 3.42. The third-order valence-corrected chi connectivity index (χ3v) is 3.19. The molecule has 1 fully saturated rings. The summed E-state index contributed by atoms with van der Waals surface area (Å²) in [4.78, 5) is 4.04. The smallest absolute Gasteiger partial charge is 0.218 e. The van der Waals surface area contributed by atoms with E-state index in [0.717, 1.165) is 31.6 Å². The number of aromatic nitrogens is 1. The van der Waals surface area contributed by atoms with E-state index in [9.17, 15) is 4.39 Å². The largest absolute Gasteiger partial charge is 0.475 e. The molecule has 1 unspecified atom stereocenters. The number of nitrogens with zero attached hydrogens (tertiary/aromatic N) is 1. The van der Waals surface area contributed by atoms with Gasteiger partial charge in [0.05, 0.1) is 12.3 Å². The first-order valence-corrected chi connectivity index (χ1v) is 7.24. The third-order valence-electron chi connectivity index (χ3n) is 3.19. The Morgan fingerprint density at radius 1 is 1.55 bits per heavy atom. The molecular formula is C15H23FN2O2. The fourth-order valence-corrected chi connectivity index (χ4v) is 2.17. The minimum Gasteiger partial charge on any atom is -0.475 e. The van der Waals surface area contributed by atoms with E-state index in [1.807, 2.05) is 0 Å². The first kappa shape index (κ1) is 15.2. The number of hydrogen-bond donors (Lipinski definition) is 1. The van der Waals surface area contributed by atoms with Crippen molar-refractivity contribution in [2.45, 2.75) is 39.3 Å². The van der Waals surface area contributed by atoms with Gasteiger partial charge in [0.2, 0.25) is 5.88 Å². The summed E-state index contributed by atoms with van der Waals surface area (Å²) in [6, 6.07) is 1.48. The number of halogens is 1. The fourth-order valence-electron chi connectivity index (χ4n) is 2.17. The standard InChI is InChI=1S/C15H23FN2O2/c1-11(2)7-17-8-12-6-13(16)9-18-15(12)20-10-14-4-3-5-19-14/h6,9,11,14,17H,3-5,7-8,10H2,1-2H3. The Kier molecular flexibility index (Phi) is 5.73. The van der Waals surface area contributed by atoms with E-state index in [1.54, 1.807) is 0 Å². The molecule has 1 aliphatic heterocycles. The van der Waals surface area contributed by atoms with Crippen LogP contribution in [0, 0.1) is 11.7 Å². The highest BCUT2D eigenvalue weighted by atomic mass is 19.1. The zero-order valence-electron chi connectivity index (χ0n) is 12.2. The molecule has 1 atom stereocenters. The van der Waals surface area contributed by atoms with Crippen LogP contribution < -0.4 is 10.1 Å². The first-order chi connectivity index (χ1) is 9.65. The van der Waals surface area contributed by atoms with Crippen LogP contribution in [-0.2, 0) is 11.3 Å². The molecule has 1 aliphatic rings. The summed E-state index contributed by atoms with van der Waals surface area (Å²) in [5, 5.41) is 3.28. The van der Waals surface area contributed by atoms with Crippen LogP contribution in [0.2, 0.25) is 0 Å². The lowest BCUT2D eigenvalue weighted by atomic mass is 10.2. The molecule has 0 aliphatic carbocycles. The summed E-state index contributed by atoms with van der Waals surface area (Å²) in [7, 11) is 0. The average Bonchev–Trinajstić information content (AvgIpc) is 2.90. The van der Waals surface area contributed by atoms with Gasteiger partial charge in [-0.25, -0.2) is 9.37 Å². The second kappa shape index (κ2) is 7.55. The number of nitrogens with one attached hydrogen (secondary N) is 1. The Labute approximate surface area is 119 Å². The third kappa shape index (κ3) is 4.72. The lowest BCUT2D eigenvalue weighted by Gasteiger charge is -2.14. The van der Waals surface area contributed by atoms with Gasteiger partial charge in [-0.05, 0) is 31.4 Å². The van der Waals surface area contributed by atoms with E-state index in [-0.39, 0.29) is 11.9 Å². The Morgan fingerprint density at radius 3 is 3.10 bits per heavy atom. The molecule has 0 spiro atoms. The molecule has 5 heteroatoms. The number of pyridine rings is 1. The van der Waals surface area contributed by atoms with E-state index >= 15 is 0 Å². The maximum absolute atomic E-state index is 13.3. The Morgan fingerprint density at radius 2 is 2.40 bits per heavy atom. The second-order valence-corrected chi connectivity index (χ2v) is 5.59. The highest BCUT2D eigenvalue weighted by Crippen LogP contribution is 2.19. The molecule has 20 heavy (non-hydrogen) atoms. The van der Waals surface area contributed by atoms with Gasteiger partial charge in [-0.1, -0.05) is 13.8 Å². The molecule has 2 rings (SSSR count). The molecule has 1 aromatic rings. The van der Waals surface area contributed by atoms with Gasteiger partial charge in [-0.2, -0.15) is 0 Å². The van der Waals surface area contributed by atoms with Gasteiger partial charge in [0.15, 0.2) is 0 Å². The quantitative estimate of drug-likeness (QED) is 0.834. The molecule has 112 valence electrons. The van der Waals surface area contributed by atoms with Crippen molar-refractivity contribution in [2.24, 2.45) is 5.92 Å². The van der Waals surface area contributed by atoms with Gasteiger partial charge in [-0.15, -0.1) is 0 Å². The van der Waals surface area contributed by atoms with E-state index in [4.69, 9.17) is 9.47 Å². The van der Waals surface area contributed by atoms with Gasteiger partial charge in [0, 0.05) is 18.7 Å². The van der Waals surface area contributed by atoms with Crippen LogP contribution in [0.3, 0.4) is 0 Å². The van der Waals surface area contributed by atoms with Crippen LogP contribution in [0.5, 0.6) is 5.88 Å². The van der Waals surface area contributed by atoms with Gasteiger partial charge in [0.1, 0.15) is 12.4 Å². The van der Waals surface area contributed by atoms with Crippen molar-refractivity contribution >= 4 is 0 Å². The summed E-state index contributed by atoms with van der Waals surface area (Å²) in [5.41, 5.74) is 0.753. The molecule has 1 aromatic heterocycles. The molecular weight excluding hydrogens is 259 g/mol. The zero-order chi connectivity index (χ0) is 14.4. The number of hydrogen-bond acceptors (Lipinski definition) is 4. The van der Waals surface area contributed by atoms with Gasteiger partial charge >= 0.3 is 0 Å². The minimum absolute atomic E-state index is 0.137. The summed E-state index contributed by atoms with van der Waals surface area (Å²) < 4.78 is 24.5. The number of rotatable bonds is 7. The highest BCUT2D eigenvalue weighted by molar-refractivity contribution is 5.26. The summed E-state index contributed by atoms with van der Waals surface area (Å²) in [5.74, 6) is 0.710. The molecule has 0 aromatic carbocycles. The molecule has 1 N–H and O–H groups in total. The monoisotopic (exact) mass is 282 g/mol. The van der Waals surface area contributed by atoms with Crippen molar-refractivity contribution in [3.63, 3.8) is 0 Å². The second-order valence-electron chi connectivity index (χ2n) is 5.59. The van der Waals surface area contributed by atoms with E-state index in [1.165, 1.54) is 12.3 Å². The first-order valence-electron chi connectivity index (χ1n) is 7.24. The van der Waals surface area contributed by atoms with Crippen molar-refractivity contribution in [3.8, 4) is 5.88 Å². The number of ether oxygens (including phenoxy) is 2. The topological polar surface area (TPSA) is 43.4 Å². The lowest BCUT2D eigenvalue weighted by molar-refractivity contribution is 0.0658. The van der Waals surface area contributed by atoms with E-state index < -0.39 is 0 Å². The van der Waals surface area contributed by atoms with Gasteiger partial charge in [-0.3, -0.25) is 0 Å². The van der Waals surface area contributed by atoms with Crippen molar-refractivity contribution in [2.75, 3.05) is 19.8 Å². The van der Waals surface area contributed by atoms with E-state index in [0.29, 0.717) is 24.9 Å². The summed E-state index contributed by atoms with van der Waals surface area (Å²) >= 11 is 0. The van der Waals surface area contributed by atoms with Crippen LogP contribution in [0.25, 0.3) is 0 Å². The predicted octanol–water partition coefficient (Wildman–Crippen LogP) is 2.52. The molecule has 0 radical (unpaired) electrons. The van der Waals surface area contributed by atoms with Gasteiger partial charge < -0.3 is 14.8 Å². The van der Waals surface area contributed by atoms with Gasteiger partial charge in [0.25, 0.3) is 0 Å². The normalized spacial score (nSPS) is 18.7. The van der Waals surface area contributed by atoms with Crippen LogP contribution >= 0.6 is 0 Å². The molecule has 2 heterocycles. The van der Waals surface area contributed by atoms with Crippen molar-refractivity contribution in [1.29, 1.82) is 0 Å². The van der Waals surface area contributed by atoms with Crippen LogP contribution in [-0.4, -0.2) is 30.8 Å². The van der Waals surface area contributed by atoms with Crippen molar-refractivity contribution in [3.05, 3.63) is 23.6 Å². The van der Waals surface area contributed by atoms with Crippen LogP contribution in [0.4, 0.5) is 4.39 Å². The maximum Gasteiger partial charge on any atom is 0.218 e. The molecule has 1 saturated heterocycles.